The summed E-state index contributed by atoms with van der Waals surface area (Å²) in [5, 5.41) is 3.04. The molecule has 0 radical (unpaired) electrons. The van der Waals surface area contributed by atoms with Crippen LogP contribution in [0.1, 0.15) is 30.4 Å². The van der Waals surface area contributed by atoms with Gasteiger partial charge in [-0.15, -0.1) is 0 Å². The molecular formula is C15H22N2O3S. The largest absolute Gasteiger partial charge is 0.373 e. The van der Waals surface area contributed by atoms with Gasteiger partial charge in [-0.05, 0) is 50.4 Å². The SMILES string of the molecule is CNCc1ccc(C)c(S(=O)(=O)NC2CC3CCC2O3)c1. The first kappa shape index (κ1) is 15.0. The Bertz CT molecular complexity index is 630. The average Bonchev–Trinajstić information content (AvgIpc) is 3.03. The van der Waals surface area contributed by atoms with Crippen molar-refractivity contribution in [3.8, 4) is 0 Å². The van der Waals surface area contributed by atoms with Crippen LogP contribution in [-0.2, 0) is 21.3 Å². The van der Waals surface area contributed by atoms with Crippen molar-refractivity contribution in [3.05, 3.63) is 29.3 Å². The topological polar surface area (TPSA) is 67.4 Å². The molecule has 116 valence electrons. The number of aryl methyl sites for hydroxylation is 1. The molecule has 0 saturated carbocycles. The number of nitrogens with one attached hydrogen (secondary N) is 2. The summed E-state index contributed by atoms with van der Waals surface area (Å²) < 4.78 is 33.9. The zero-order valence-electron chi connectivity index (χ0n) is 12.4. The lowest BCUT2D eigenvalue weighted by Gasteiger charge is -2.21. The van der Waals surface area contributed by atoms with Crippen molar-refractivity contribution in [3.63, 3.8) is 0 Å². The Morgan fingerprint density at radius 2 is 2.14 bits per heavy atom. The van der Waals surface area contributed by atoms with Crippen LogP contribution in [0, 0.1) is 6.92 Å². The molecule has 0 aliphatic carbocycles. The summed E-state index contributed by atoms with van der Waals surface area (Å²) in [7, 11) is -1.65. The van der Waals surface area contributed by atoms with E-state index in [0.29, 0.717) is 11.4 Å². The second-order valence-electron chi connectivity index (χ2n) is 5.97. The van der Waals surface area contributed by atoms with E-state index in [1.54, 1.807) is 6.07 Å². The summed E-state index contributed by atoms with van der Waals surface area (Å²) >= 11 is 0. The maximum atomic E-state index is 12.7. The van der Waals surface area contributed by atoms with Crippen molar-refractivity contribution in [1.82, 2.24) is 10.0 Å². The van der Waals surface area contributed by atoms with E-state index < -0.39 is 10.0 Å². The minimum absolute atomic E-state index is 0.0468. The first-order valence-corrected chi connectivity index (χ1v) is 8.90. The van der Waals surface area contributed by atoms with Crippen LogP contribution in [0.4, 0.5) is 0 Å². The van der Waals surface area contributed by atoms with Gasteiger partial charge in [-0.3, -0.25) is 0 Å². The molecule has 5 nitrogen and oxygen atoms in total. The minimum atomic E-state index is -3.50. The summed E-state index contributed by atoms with van der Waals surface area (Å²) in [6.07, 6.45) is 3.08. The van der Waals surface area contributed by atoms with Crippen LogP contribution in [-0.4, -0.2) is 33.7 Å². The molecule has 1 aromatic rings. The molecule has 6 heteroatoms. The van der Waals surface area contributed by atoms with E-state index >= 15 is 0 Å². The van der Waals surface area contributed by atoms with Crippen LogP contribution in [0.3, 0.4) is 0 Å². The van der Waals surface area contributed by atoms with Crippen LogP contribution < -0.4 is 10.0 Å². The number of rotatable bonds is 5. The Kier molecular flexibility index (Phi) is 4.05. The van der Waals surface area contributed by atoms with Crippen molar-refractivity contribution < 1.29 is 13.2 Å². The van der Waals surface area contributed by atoms with Crippen LogP contribution in [0.15, 0.2) is 23.1 Å². The van der Waals surface area contributed by atoms with Crippen LogP contribution >= 0.6 is 0 Å². The van der Waals surface area contributed by atoms with Gasteiger partial charge in [-0.1, -0.05) is 12.1 Å². The van der Waals surface area contributed by atoms with E-state index in [2.05, 4.69) is 10.0 Å². The highest BCUT2D eigenvalue weighted by molar-refractivity contribution is 7.89. The lowest BCUT2D eigenvalue weighted by molar-refractivity contribution is 0.0996. The highest BCUT2D eigenvalue weighted by atomic mass is 32.2. The molecule has 2 saturated heterocycles. The third-order valence-electron chi connectivity index (χ3n) is 4.34. The first-order chi connectivity index (χ1) is 9.99. The predicted octanol–water partition coefficient (Wildman–Crippen LogP) is 1.31. The van der Waals surface area contributed by atoms with Gasteiger partial charge in [0.25, 0.3) is 0 Å². The van der Waals surface area contributed by atoms with Crippen molar-refractivity contribution in [2.75, 3.05) is 7.05 Å². The molecule has 1 aromatic carbocycles. The van der Waals surface area contributed by atoms with Crippen molar-refractivity contribution in [2.24, 2.45) is 0 Å². The zero-order chi connectivity index (χ0) is 15.0. The Hall–Kier alpha value is -0.950. The van der Waals surface area contributed by atoms with E-state index in [0.717, 1.165) is 30.4 Å². The molecule has 3 rings (SSSR count). The van der Waals surface area contributed by atoms with E-state index in [1.807, 2.05) is 26.1 Å². The van der Waals surface area contributed by atoms with Crippen molar-refractivity contribution in [2.45, 2.75) is 55.9 Å². The van der Waals surface area contributed by atoms with Gasteiger partial charge in [0.05, 0.1) is 23.1 Å². The summed E-state index contributed by atoms with van der Waals surface area (Å²) in [6, 6.07) is 5.48. The van der Waals surface area contributed by atoms with Gasteiger partial charge in [0, 0.05) is 6.54 Å². The zero-order valence-corrected chi connectivity index (χ0v) is 13.2. The Balaban J connectivity index is 1.82. The molecular weight excluding hydrogens is 288 g/mol. The van der Waals surface area contributed by atoms with Gasteiger partial charge in [0.15, 0.2) is 0 Å². The fourth-order valence-electron chi connectivity index (χ4n) is 3.27. The summed E-state index contributed by atoms with van der Waals surface area (Å²) in [6.45, 7) is 2.48. The van der Waals surface area contributed by atoms with Crippen molar-refractivity contribution >= 4 is 10.0 Å². The van der Waals surface area contributed by atoms with Crippen LogP contribution in [0.25, 0.3) is 0 Å². The highest BCUT2D eigenvalue weighted by Crippen LogP contribution is 2.35. The van der Waals surface area contributed by atoms with Gasteiger partial charge < -0.3 is 10.1 Å². The fourth-order valence-corrected chi connectivity index (χ4v) is 4.84. The predicted molar refractivity (Wildman–Crippen MR) is 80.6 cm³/mol. The standard InChI is InChI=1S/C15H22N2O3S/c1-10-3-4-11(9-16-2)7-15(10)21(18,19)17-13-8-12-5-6-14(13)20-12/h3-4,7,12-14,16-17H,5-6,8-9H2,1-2H3. The molecule has 0 amide bonds. The third kappa shape index (κ3) is 2.99. The molecule has 3 unspecified atom stereocenters. The average molecular weight is 310 g/mol. The molecule has 3 atom stereocenters. The van der Waals surface area contributed by atoms with Gasteiger partial charge in [-0.25, -0.2) is 13.1 Å². The molecule has 2 aliphatic heterocycles. The smallest absolute Gasteiger partial charge is 0.241 e. The number of benzene rings is 1. The molecule has 2 heterocycles. The minimum Gasteiger partial charge on any atom is -0.373 e. The summed E-state index contributed by atoms with van der Waals surface area (Å²) in [5.41, 5.74) is 1.74. The summed E-state index contributed by atoms with van der Waals surface area (Å²) in [5.74, 6) is 0. The Labute approximate surface area is 126 Å². The molecule has 21 heavy (non-hydrogen) atoms. The number of sulfonamides is 1. The molecule has 0 spiro atoms. The quantitative estimate of drug-likeness (QED) is 0.860. The first-order valence-electron chi connectivity index (χ1n) is 7.41. The van der Waals surface area contributed by atoms with E-state index in [9.17, 15) is 8.42 Å². The van der Waals surface area contributed by atoms with Crippen LogP contribution in [0.2, 0.25) is 0 Å². The summed E-state index contributed by atoms with van der Waals surface area (Å²) in [4.78, 5) is 0.373. The lowest BCUT2D eigenvalue weighted by Crippen LogP contribution is -2.41. The third-order valence-corrected chi connectivity index (χ3v) is 5.97. The van der Waals surface area contributed by atoms with Gasteiger partial charge in [0.2, 0.25) is 10.0 Å². The van der Waals surface area contributed by atoms with E-state index in [4.69, 9.17) is 4.74 Å². The van der Waals surface area contributed by atoms with Gasteiger partial charge in [0.1, 0.15) is 0 Å². The number of ether oxygens (including phenoxy) is 1. The van der Waals surface area contributed by atoms with Gasteiger partial charge >= 0.3 is 0 Å². The fraction of sp³-hybridized carbons (Fsp3) is 0.600. The Morgan fingerprint density at radius 1 is 1.33 bits per heavy atom. The second-order valence-corrected chi connectivity index (χ2v) is 7.65. The normalized spacial score (nSPS) is 28.2. The van der Waals surface area contributed by atoms with E-state index in [-0.39, 0.29) is 18.2 Å². The molecule has 2 N–H and O–H groups in total. The second kappa shape index (κ2) is 5.68. The molecule has 2 fully saturated rings. The monoisotopic (exact) mass is 310 g/mol. The Morgan fingerprint density at radius 3 is 2.76 bits per heavy atom. The van der Waals surface area contributed by atoms with Crippen molar-refractivity contribution in [1.29, 1.82) is 0 Å². The lowest BCUT2D eigenvalue weighted by atomic mass is 9.96. The molecule has 2 aliphatic rings. The van der Waals surface area contributed by atoms with Gasteiger partial charge in [-0.2, -0.15) is 0 Å². The highest BCUT2D eigenvalue weighted by Gasteiger charge is 2.42. The molecule has 0 aromatic heterocycles. The number of fused-ring (bicyclic) bond motifs is 2. The number of hydrogen-bond donors (Lipinski definition) is 2. The maximum Gasteiger partial charge on any atom is 0.241 e. The number of hydrogen-bond acceptors (Lipinski definition) is 4. The maximum absolute atomic E-state index is 12.7. The molecule has 2 bridgehead atoms. The van der Waals surface area contributed by atoms with E-state index in [1.165, 1.54) is 0 Å². The van der Waals surface area contributed by atoms with Crippen LogP contribution in [0.5, 0.6) is 0 Å².